The van der Waals surface area contributed by atoms with Crippen molar-refractivity contribution in [2.24, 2.45) is 17.4 Å². The molecule has 4 N–H and O–H groups in total. The van der Waals surface area contributed by atoms with Crippen LogP contribution in [0.15, 0.2) is 48.2 Å². The summed E-state index contributed by atoms with van der Waals surface area (Å²) in [5.74, 6) is 0.730. The summed E-state index contributed by atoms with van der Waals surface area (Å²) in [4.78, 5) is 0. The minimum Gasteiger partial charge on any atom is -0.399 e. The largest absolute Gasteiger partial charge is 0.399 e. The maximum Gasteiger partial charge on any atom is 0.0308 e. The van der Waals surface area contributed by atoms with Crippen LogP contribution in [-0.2, 0) is 0 Å². The van der Waals surface area contributed by atoms with E-state index in [9.17, 15) is 0 Å². The van der Waals surface area contributed by atoms with Crippen LogP contribution in [0.5, 0.6) is 0 Å². The van der Waals surface area contributed by atoms with Crippen molar-refractivity contribution in [2.75, 3.05) is 6.54 Å². The van der Waals surface area contributed by atoms with Crippen molar-refractivity contribution in [2.45, 2.75) is 12.8 Å². The summed E-state index contributed by atoms with van der Waals surface area (Å²) in [6.45, 7) is 4.19. The summed E-state index contributed by atoms with van der Waals surface area (Å²) in [5, 5.41) is 0. The Balaban J connectivity index is 2.55. The predicted molar refractivity (Wildman–Crippen MR) is 61.5 cm³/mol. The highest BCUT2D eigenvalue weighted by Gasteiger charge is 2.23. The van der Waals surface area contributed by atoms with Crippen LogP contribution in [0.4, 0.5) is 0 Å². The molecule has 0 amide bonds. The number of hydrogen-bond acceptors (Lipinski definition) is 2. The molecule has 0 atom stereocenters. The van der Waals surface area contributed by atoms with E-state index in [2.05, 4.69) is 18.7 Å². The van der Waals surface area contributed by atoms with Gasteiger partial charge in [0.15, 0.2) is 0 Å². The second-order valence-corrected chi connectivity index (χ2v) is 3.44. The molecule has 0 aromatic heterocycles. The highest BCUT2D eigenvalue weighted by Crippen LogP contribution is 2.36. The van der Waals surface area contributed by atoms with E-state index < -0.39 is 0 Å². The first-order chi connectivity index (χ1) is 6.77. The summed E-state index contributed by atoms with van der Waals surface area (Å²) in [6, 6.07) is 0. The summed E-state index contributed by atoms with van der Waals surface area (Å²) in [6.07, 6.45) is 12.2. The molecule has 2 nitrogen and oxygen atoms in total. The van der Waals surface area contributed by atoms with Gasteiger partial charge < -0.3 is 11.5 Å². The van der Waals surface area contributed by atoms with E-state index in [0.29, 0.717) is 12.2 Å². The highest BCUT2D eigenvalue weighted by molar-refractivity contribution is 5.30. The Hall–Kier alpha value is -1.28. The zero-order valence-corrected chi connectivity index (χ0v) is 8.45. The fourth-order valence-corrected chi connectivity index (χ4v) is 1.26. The summed E-state index contributed by atoms with van der Waals surface area (Å²) < 4.78 is 0. The zero-order valence-electron chi connectivity index (χ0n) is 8.45. The normalized spacial score (nSPS) is 18.9. The van der Waals surface area contributed by atoms with Crippen LogP contribution < -0.4 is 11.5 Å². The van der Waals surface area contributed by atoms with Crippen molar-refractivity contribution >= 4 is 0 Å². The van der Waals surface area contributed by atoms with Crippen LogP contribution in [0.25, 0.3) is 0 Å². The third kappa shape index (κ3) is 3.62. The number of nitrogens with two attached hydrogens (primary N) is 2. The van der Waals surface area contributed by atoms with E-state index in [0.717, 1.165) is 5.92 Å². The van der Waals surface area contributed by atoms with Gasteiger partial charge in [0, 0.05) is 12.2 Å². The van der Waals surface area contributed by atoms with Crippen LogP contribution in [0.1, 0.15) is 12.8 Å². The lowest BCUT2D eigenvalue weighted by Gasteiger charge is -1.96. The monoisotopic (exact) mass is 190 g/mol. The highest BCUT2D eigenvalue weighted by atomic mass is 14.5. The predicted octanol–water partition coefficient (Wildman–Crippen LogP) is 1.87. The van der Waals surface area contributed by atoms with Gasteiger partial charge in [-0.1, -0.05) is 24.8 Å². The molecule has 0 heterocycles. The van der Waals surface area contributed by atoms with Gasteiger partial charge in [-0.15, -0.1) is 0 Å². The molecule has 1 fully saturated rings. The van der Waals surface area contributed by atoms with Gasteiger partial charge >= 0.3 is 0 Å². The maximum atomic E-state index is 5.57. The van der Waals surface area contributed by atoms with E-state index in [1.54, 1.807) is 6.08 Å². The smallest absolute Gasteiger partial charge is 0.0308 e. The van der Waals surface area contributed by atoms with Gasteiger partial charge in [0.25, 0.3) is 0 Å². The number of hydrogen-bond donors (Lipinski definition) is 2. The summed E-state index contributed by atoms with van der Waals surface area (Å²) in [7, 11) is 0. The average molecular weight is 190 g/mol. The fourth-order valence-electron chi connectivity index (χ4n) is 1.26. The Morgan fingerprint density at radius 3 is 2.64 bits per heavy atom. The minimum absolute atomic E-state index is 0.608. The van der Waals surface area contributed by atoms with Gasteiger partial charge in [-0.05, 0) is 36.5 Å². The first-order valence-corrected chi connectivity index (χ1v) is 4.94. The lowest BCUT2D eigenvalue weighted by atomic mass is 10.1. The molecule has 1 saturated carbocycles. The minimum atomic E-state index is 0.608. The summed E-state index contributed by atoms with van der Waals surface area (Å²) >= 11 is 0. The SMILES string of the molecule is C=C/C(N)=C/C=C/C(=C\CN)C1CC1. The van der Waals surface area contributed by atoms with Crippen molar-refractivity contribution in [1.29, 1.82) is 0 Å². The lowest BCUT2D eigenvalue weighted by molar-refractivity contribution is 1.03. The third-order valence-corrected chi connectivity index (χ3v) is 2.22. The van der Waals surface area contributed by atoms with E-state index >= 15 is 0 Å². The molecular weight excluding hydrogens is 172 g/mol. The molecule has 1 rings (SSSR count). The van der Waals surface area contributed by atoms with Crippen LogP contribution in [0.3, 0.4) is 0 Å². The van der Waals surface area contributed by atoms with E-state index in [-0.39, 0.29) is 0 Å². The molecule has 2 heteroatoms. The standard InChI is InChI=1S/C12H18N2/c1-2-12(14)5-3-4-10(8-9-13)11-6-7-11/h2-5,8,11H,1,6-7,9,13-14H2/b4-3+,10-8+,12-5-. The Morgan fingerprint density at radius 2 is 2.14 bits per heavy atom. The van der Waals surface area contributed by atoms with Crippen LogP contribution in [-0.4, -0.2) is 6.54 Å². The lowest BCUT2D eigenvalue weighted by Crippen LogP contribution is -1.96. The molecule has 1 aliphatic carbocycles. The van der Waals surface area contributed by atoms with Crippen molar-refractivity contribution in [3.05, 3.63) is 48.2 Å². The second kappa shape index (κ2) is 5.45. The fraction of sp³-hybridized carbons (Fsp3) is 0.333. The average Bonchev–Trinajstić information content (AvgIpc) is 2.99. The first-order valence-electron chi connectivity index (χ1n) is 4.94. The van der Waals surface area contributed by atoms with Gasteiger partial charge in [-0.2, -0.15) is 0 Å². The van der Waals surface area contributed by atoms with Crippen LogP contribution >= 0.6 is 0 Å². The van der Waals surface area contributed by atoms with E-state index in [1.165, 1.54) is 18.4 Å². The molecule has 0 saturated heterocycles. The van der Waals surface area contributed by atoms with Crippen molar-refractivity contribution in [3.63, 3.8) is 0 Å². The Bertz CT molecular complexity index is 281. The molecule has 0 spiro atoms. The second-order valence-electron chi connectivity index (χ2n) is 3.44. The van der Waals surface area contributed by atoms with Gasteiger partial charge in [0.05, 0.1) is 0 Å². The zero-order chi connectivity index (χ0) is 10.4. The Morgan fingerprint density at radius 1 is 1.43 bits per heavy atom. The maximum absolute atomic E-state index is 5.57. The van der Waals surface area contributed by atoms with E-state index in [4.69, 9.17) is 11.5 Å². The van der Waals surface area contributed by atoms with Crippen LogP contribution in [0.2, 0.25) is 0 Å². The Labute approximate surface area is 85.7 Å². The molecule has 0 aromatic rings. The third-order valence-electron chi connectivity index (χ3n) is 2.22. The number of rotatable bonds is 5. The molecule has 14 heavy (non-hydrogen) atoms. The van der Waals surface area contributed by atoms with Crippen molar-refractivity contribution in [1.82, 2.24) is 0 Å². The van der Waals surface area contributed by atoms with E-state index in [1.807, 2.05) is 12.2 Å². The number of allylic oxidation sites excluding steroid dienone is 5. The Kier molecular flexibility index (Phi) is 4.20. The van der Waals surface area contributed by atoms with Gasteiger partial charge in [-0.25, -0.2) is 0 Å². The van der Waals surface area contributed by atoms with Crippen molar-refractivity contribution in [3.8, 4) is 0 Å². The topological polar surface area (TPSA) is 52.0 Å². The van der Waals surface area contributed by atoms with Crippen molar-refractivity contribution < 1.29 is 0 Å². The van der Waals surface area contributed by atoms with Gasteiger partial charge in [-0.3, -0.25) is 0 Å². The first kappa shape index (κ1) is 10.8. The van der Waals surface area contributed by atoms with Crippen LogP contribution in [0, 0.1) is 5.92 Å². The van der Waals surface area contributed by atoms with Gasteiger partial charge in [0.1, 0.15) is 0 Å². The molecule has 0 aliphatic heterocycles. The molecule has 0 radical (unpaired) electrons. The molecular formula is C12H18N2. The van der Waals surface area contributed by atoms with Gasteiger partial charge in [0.2, 0.25) is 0 Å². The molecule has 76 valence electrons. The molecule has 1 aliphatic rings. The molecule has 0 unspecified atom stereocenters. The quantitative estimate of drug-likeness (QED) is 0.650. The summed E-state index contributed by atoms with van der Waals surface area (Å²) in [5.41, 5.74) is 13.1. The molecule has 0 aromatic carbocycles. The molecule has 0 bridgehead atoms.